The molecule has 1 aromatic rings. The normalized spacial score (nSPS) is 11.1. The summed E-state index contributed by atoms with van der Waals surface area (Å²) < 4.78 is 5.25. The number of anilines is 1. The summed E-state index contributed by atoms with van der Waals surface area (Å²) in [5, 5.41) is 2.70. The van der Waals surface area contributed by atoms with E-state index in [-0.39, 0.29) is 17.3 Å². The Labute approximate surface area is 120 Å². The molecule has 0 bridgehead atoms. The number of hydrogen-bond donors (Lipinski definition) is 1. The second-order valence-electron chi connectivity index (χ2n) is 6.16. The smallest absolute Gasteiger partial charge is 0.338 e. The SMILES string of the molecule is CC(=O)Nc1cc(C(=O)OCCC(C)(C)C)ccc1C. The van der Waals surface area contributed by atoms with Crippen LogP contribution < -0.4 is 5.32 Å². The quantitative estimate of drug-likeness (QED) is 0.856. The van der Waals surface area contributed by atoms with Gasteiger partial charge < -0.3 is 10.1 Å². The van der Waals surface area contributed by atoms with Crippen molar-refractivity contribution in [1.29, 1.82) is 0 Å². The zero-order valence-electron chi connectivity index (χ0n) is 12.9. The zero-order chi connectivity index (χ0) is 15.3. The molecule has 1 amide bonds. The number of nitrogens with one attached hydrogen (secondary N) is 1. The van der Waals surface area contributed by atoms with Crippen LogP contribution in [0.3, 0.4) is 0 Å². The van der Waals surface area contributed by atoms with E-state index in [1.54, 1.807) is 18.2 Å². The van der Waals surface area contributed by atoms with Crippen molar-refractivity contribution in [2.45, 2.75) is 41.0 Å². The van der Waals surface area contributed by atoms with Gasteiger partial charge in [-0.15, -0.1) is 0 Å². The van der Waals surface area contributed by atoms with Crippen molar-refractivity contribution in [3.8, 4) is 0 Å². The number of ether oxygens (including phenoxy) is 1. The summed E-state index contributed by atoms with van der Waals surface area (Å²) in [5.74, 6) is -0.521. The van der Waals surface area contributed by atoms with E-state index in [1.165, 1.54) is 6.92 Å². The van der Waals surface area contributed by atoms with Gasteiger partial charge in [-0.25, -0.2) is 4.79 Å². The first-order chi connectivity index (χ1) is 9.19. The number of carbonyl (C=O) groups is 2. The third-order valence-electron chi connectivity index (χ3n) is 2.87. The van der Waals surface area contributed by atoms with Crippen molar-refractivity contribution in [3.05, 3.63) is 29.3 Å². The van der Waals surface area contributed by atoms with Crippen LogP contribution in [0.5, 0.6) is 0 Å². The van der Waals surface area contributed by atoms with Gasteiger partial charge in [0, 0.05) is 12.6 Å². The minimum absolute atomic E-state index is 0.134. The third-order valence-corrected chi connectivity index (χ3v) is 2.87. The van der Waals surface area contributed by atoms with E-state index in [2.05, 4.69) is 26.1 Å². The molecule has 0 saturated carbocycles. The van der Waals surface area contributed by atoms with Crippen molar-refractivity contribution >= 4 is 17.6 Å². The lowest BCUT2D eigenvalue weighted by molar-refractivity contribution is -0.114. The Kier molecular flexibility index (Phi) is 5.31. The fourth-order valence-corrected chi connectivity index (χ4v) is 1.61. The van der Waals surface area contributed by atoms with Gasteiger partial charge in [0.15, 0.2) is 0 Å². The molecule has 0 atom stereocenters. The van der Waals surface area contributed by atoms with Crippen molar-refractivity contribution in [3.63, 3.8) is 0 Å². The lowest BCUT2D eigenvalue weighted by Gasteiger charge is -2.17. The second kappa shape index (κ2) is 6.55. The van der Waals surface area contributed by atoms with E-state index >= 15 is 0 Å². The Hall–Kier alpha value is -1.84. The van der Waals surface area contributed by atoms with Crippen molar-refractivity contribution in [2.24, 2.45) is 5.41 Å². The first-order valence-corrected chi connectivity index (χ1v) is 6.74. The Morgan fingerprint density at radius 3 is 2.45 bits per heavy atom. The molecule has 0 fully saturated rings. The summed E-state index contributed by atoms with van der Waals surface area (Å²) in [7, 11) is 0. The first kappa shape index (κ1) is 16.2. The monoisotopic (exact) mass is 277 g/mol. The topological polar surface area (TPSA) is 55.4 Å². The number of aryl methyl sites for hydroxylation is 1. The highest BCUT2D eigenvalue weighted by atomic mass is 16.5. The predicted octanol–water partition coefficient (Wildman–Crippen LogP) is 3.55. The number of hydrogen-bond acceptors (Lipinski definition) is 3. The first-order valence-electron chi connectivity index (χ1n) is 6.74. The fraction of sp³-hybridized carbons (Fsp3) is 0.500. The Morgan fingerprint density at radius 1 is 1.25 bits per heavy atom. The fourth-order valence-electron chi connectivity index (χ4n) is 1.61. The third kappa shape index (κ3) is 5.43. The molecule has 0 aliphatic heterocycles. The molecule has 0 spiro atoms. The maximum absolute atomic E-state index is 11.9. The lowest BCUT2D eigenvalue weighted by Crippen LogP contribution is -2.14. The average molecular weight is 277 g/mol. The van der Waals surface area contributed by atoms with Crippen LogP contribution in [0.4, 0.5) is 5.69 Å². The molecule has 0 radical (unpaired) electrons. The van der Waals surface area contributed by atoms with Crippen LogP contribution in [0.2, 0.25) is 0 Å². The molecule has 0 aliphatic rings. The molecular weight excluding hydrogens is 254 g/mol. The summed E-state index contributed by atoms with van der Waals surface area (Å²) in [4.78, 5) is 23.0. The Bertz CT molecular complexity index is 501. The zero-order valence-corrected chi connectivity index (χ0v) is 12.9. The van der Waals surface area contributed by atoms with E-state index in [9.17, 15) is 9.59 Å². The minimum atomic E-state index is -0.360. The lowest BCUT2D eigenvalue weighted by atomic mass is 9.93. The Morgan fingerprint density at radius 2 is 1.90 bits per heavy atom. The van der Waals surface area contributed by atoms with Gasteiger partial charge in [0.05, 0.1) is 12.2 Å². The van der Waals surface area contributed by atoms with Gasteiger partial charge >= 0.3 is 5.97 Å². The summed E-state index contributed by atoms with van der Waals surface area (Å²) >= 11 is 0. The van der Waals surface area contributed by atoms with Crippen molar-refractivity contribution < 1.29 is 14.3 Å². The largest absolute Gasteiger partial charge is 0.462 e. The minimum Gasteiger partial charge on any atom is -0.462 e. The van der Waals surface area contributed by atoms with Crippen LogP contribution in [0.1, 0.15) is 50.0 Å². The van der Waals surface area contributed by atoms with Gasteiger partial charge in [-0.2, -0.15) is 0 Å². The maximum Gasteiger partial charge on any atom is 0.338 e. The predicted molar refractivity (Wildman–Crippen MR) is 79.8 cm³/mol. The molecule has 0 aromatic heterocycles. The highest BCUT2D eigenvalue weighted by Gasteiger charge is 2.13. The molecule has 20 heavy (non-hydrogen) atoms. The summed E-state index contributed by atoms with van der Waals surface area (Å²) in [5.41, 5.74) is 2.14. The van der Waals surface area contributed by atoms with E-state index < -0.39 is 0 Å². The number of esters is 1. The molecule has 4 heteroatoms. The van der Waals surface area contributed by atoms with Gasteiger partial charge in [-0.1, -0.05) is 26.8 Å². The van der Waals surface area contributed by atoms with Crippen LogP contribution in [0.25, 0.3) is 0 Å². The van der Waals surface area contributed by atoms with E-state index in [1.807, 2.05) is 6.92 Å². The van der Waals surface area contributed by atoms with Crippen molar-refractivity contribution in [1.82, 2.24) is 0 Å². The summed E-state index contributed by atoms with van der Waals surface area (Å²) in [6.07, 6.45) is 0.809. The van der Waals surface area contributed by atoms with E-state index in [0.29, 0.717) is 17.9 Å². The van der Waals surface area contributed by atoms with E-state index in [4.69, 9.17) is 4.74 Å². The highest BCUT2D eigenvalue weighted by Crippen LogP contribution is 2.20. The number of rotatable bonds is 4. The maximum atomic E-state index is 11.9. The summed E-state index contributed by atoms with van der Waals surface area (Å²) in [6, 6.07) is 5.15. The molecule has 0 saturated heterocycles. The van der Waals surface area contributed by atoms with Crippen LogP contribution >= 0.6 is 0 Å². The molecule has 0 unspecified atom stereocenters. The molecule has 110 valence electrons. The molecule has 1 aromatic carbocycles. The van der Waals surface area contributed by atoms with Gasteiger partial charge in [0.25, 0.3) is 0 Å². The number of carbonyl (C=O) groups excluding carboxylic acids is 2. The van der Waals surface area contributed by atoms with Crippen molar-refractivity contribution in [2.75, 3.05) is 11.9 Å². The Balaban J connectivity index is 2.71. The highest BCUT2D eigenvalue weighted by molar-refractivity contribution is 5.94. The van der Waals surface area contributed by atoms with Gasteiger partial charge in [-0.05, 0) is 36.5 Å². The molecule has 1 N–H and O–H groups in total. The molecule has 0 heterocycles. The number of amides is 1. The van der Waals surface area contributed by atoms with Crippen LogP contribution in [0, 0.1) is 12.3 Å². The molecule has 4 nitrogen and oxygen atoms in total. The molecular formula is C16H23NO3. The summed E-state index contributed by atoms with van der Waals surface area (Å²) in [6.45, 7) is 10.0. The molecule has 1 rings (SSSR count). The van der Waals surface area contributed by atoms with Gasteiger partial charge in [-0.3, -0.25) is 4.79 Å². The second-order valence-corrected chi connectivity index (χ2v) is 6.16. The van der Waals surface area contributed by atoms with Crippen LogP contribution in [-0.4, -0.2) is 18.5 Å². The van der Waals surface area contributed by atoms with Gasteiger partial charge in [0.2, 0.25) is 5.91 Å². The standard InChI is InChI=1S/C16H23NO3/c1-11-6-7-13(10-14(11)17-12(2)18)15(19)20-9-8-16(3,4)5/h6-7,10H,8-9H2,1-5H3,(H,17,18). The van der Waals surface area contributed by atoms with Crippen LogP contribution in [-0.2, 0) is 9.53 Å². The number of benzene rings is 1. The molecule has 0 aliphatic carbocycles. The van der Waals surface area contributed by atoms with E-state index in [0.717, 1.165) is 12.0 Å². The van der Waals surface area contributed by atoms with Gasteiger partial charge in [0.1, 0.15) is 0 Å². The van der Waals surface area contributed by atoms with Crippen LogP contribution in [0.15, 0.2) is 18.2 Å². The average Bonchev–Trinajstić information content (AvgIpc) is 2.29.